The number of anilines is 2. The largest absolute Gasteiger partial charge is 0.352 e. The van der Waals surface area contributed by atoms with Crippen molar-refractivity contribution >= 4 is 39.3 Å². The molecular weight excluding hydrogens is 267 g/mol. The molecule has 4 nitrogen and oxygen atoms in total. The SMILES string of the molecule is Clc1nc(N2CC2)nc(N2CC2)c1Br. The zero-order valence-electron chi connectivity index (χ0n) is 7.37. The second-order valence-corrected chi connectivity index (χ2v) is 4.58. The summed E-state index contributed by atoms with van der Waals surface area (Å²) in [7, 11) is 0. The maximum Gasteiger partial charge on any atom is 0.228 e. The standard InChI is InChI=1S/C8H8BrClN4/c9-5-6(10)11-8(14-3-4-14)12-7(5)13-1-2-13/h1-4H2. The van der Waals surface area contributed by atoms with Crippen LogP contribution in [0.2, 0.25) is 5.15 Å². The molecule has 1 aromatic heterocycles. The summed E-state index contributed by atoms with van der Waals surface area (Å²) in [5.74, 6) is 1.67. The molecule has 0 spiro atoms. The van der Waals surface area contributed by atoms with Gasteiger partial charge in [0.05, 0.1) is 4.47 Å². The van der Waals surface area contributed by atoms with Crippen LogP contribution in [0.5, 0.6) is 0 Å². The van der Waals surface area contributed by atoms with Crippen molar-refractivity contribution in [1.82, 2.24) is 9.97 Å². The maximum absolute atomic E-state index is 6.01. The van der Waals surface area contributed by atoms with Gasteiger partial charge in [-0.1, -0.05) is 11.6 Å². The predicted molar refractivity (Wildman–Crippen MR) is 59.2 cm³/mol. The minimum Gasteiger partial charge on any atom is -0.352 e. The van der Waals surface area contributed by atoms with Crippen molar-refractivity contribution < 1.29 is 0 Å². The molecule has 0 aromatic carbocycles. The van der Waals surface area contributed by atoms with Crippen molar-refractivity contribution in [3.05, 3.63) is 9.63 Å². The van der Waals surface area contributed by atoms with E-state index in [-0.39, 0.29) is 0 Å². The molecule has 0 radical (unpaired) electrons. The van der Waals surface area contributed by atoms with Crippen LogP contribution in [0.15, 0.2) is 4.47 Å². The predicted octanol–water partition coefficient (Wildman–Crippen LogP) is 1.53. The molecule has 0 amide bonds. The smallest absolute Gasteiger partial charge is 0.228 e. The lowest BCUT2D eigenvalue weighted by molar-refractivity contribution is 1.07. The number of hydrogen-bond acceptors (Lipinski definition) is 4. The van der Waals surface area contributed by atoms with E-state index < -0.39 is 0 Å². The summed E-state index contributed by atoms with van der Waals surface area (Å²) in [4.78, 5) is 12.9. The van der Waals surface area contributed by atoms with Gasteiger partial charge in [0.25, 0.3) is 0 Å². The molecule has 0 N–H and O–H groups in total. The molecule has 2 aliphatic heterocycles. The first-order valence-electron chi connectivity index (χ1n) is 4.48. The van der Waals surface area contributed by atoms with Gasteiger partial charge >= 0.3 is 0 Å². The van der Waals surface area contributed by atoms with Crippen LogP contribution >= 0.6 is 27.5 Å². The fourth-order valence-corrected chi connectivity index (χ4v) is 1.85. The highest BCUT2D eigenvalue weighted by Crippen LogP contribution is 2.35. The summed E-state index contributed by atoms with van der Waals surface area (Å²) in [5, 5.41) is 0.504. The molecule has 3 rings (SSSR count). The normalized spacial score (nSPS) is 18.7. The highest BCUT2D eigenvalue weighted by molar-refractivity contribution is 9.10. The van der Waals surface area contributed by atoms with Gasteiger partial charge in [0.1, 0.15) is 5.82 Å². The third kappa shape index (κ3) is 1.44. The number of rotatable bonds is 2. The van der Waals surface area contributed by atoms with Crippen molar-refractivity contribution in [2.75, 3.05) is 36.0 Å². The molecule has 14 heavy (non-hydrogen) atoms. The zero-order valence-corrected chi connectivity index (χ0v) is 9.72. The minimum atomic E-state index is 0.504. The van der Waals surface area contributed by atoms with Gasteiger partial charge in [0.2, 0.25) is 5.95 Å². The van der Waals surface area contributed by atoms with E-state index >= 15 is 0 Å². The lowest BCUT2D eigenvalue weighted by Crippen LogP contribution is -2.04. The van der Waals surface area contributed by atoms with Crippen LogP contribution in [0.25, 0.3) is 0 Å². The molecule has 0 atom stereocenters. The lowest BCUT2D eigenvalue weighted by atomic mass is 10.6. The van der Waals surface area contributed by atoms with Crippen LogP contribution in [-0.2, 0) is 0 Å². The van der Waals surface area contributed by atoms with E-state index in [1.165, 1.54) is 0 Å². The van der Waals surface area contributed by atoms with Crippen LogP contribution in [0.4, 0.5) is 11.8 Å². The van der Waals surface area contributed by atoms with Crippen molar-refractivity contribution in [2.45, 2.75) is 0 Å². The Bertz CT molecular complexity index is 389. The number of aromatic nitrogens is 2. The number of hydrogen-bond donors (Lipinski definition) is 0. The van der Waals surface area contributed by atoms with E-state index in [4.69, 9.17) is 11.6 Å². The van der Waals surface area contributed by atoms with E-state index in [1.807, 2.05) is 0 Å². The Labute approximate surface area is 95.0 Å². The molecular formula is C8H8BrClN4. The van der Waals surface area contributed by atoms with E-state index in [0.29, 0.717) is 5.15 Å². The summed E-state index contributed by atoms with van der Waals surface area (Å²) in [5.41, 5.74) is 0. The Morgan fingerprint density at radius 3 is 2.29 bits per heavy atom. The van der Waals surface area contributed by atoms with Crippen molar-refractivity contribution in [3.63, 3.8) is 0 Å². The van der Waals surface area contributed by atoms with Crippen LogP contribution in [0.3, 0.4) is 0 Å². The summed E-state index contributed by atoms with van der Waals surface area (Å²) in [6.07, 6.45) is 0. The van der Waals surface area contributed by atoms with Crippen molar-refractivity contribution in [1.29, 1.82) is 0 Å². The number of nitrogens with zero attached hydrogens (tertiary/aromatic N) is 4. The summed E-state index contributed by atoms with van der Waals surface area (Å²) < 4.78 is 0.808. The fourth-order valence-electron chi connectivity index (χ4n) is 1.26. The Kier molecular flexibility index (Phi) is 1.85. The van der Waals surface area contributed by atoms with E-state index in [9.17, 15) is 0 Å². The first kappa shape index (κ1) is 8.73. The van der Waals surface area contributed by atoms with Crippen LogP contribution in [-0.4, -0.2) is 36.1 Å². The molecule has 2 aliphatic rings. The Morgan fingerprint density at radius 1 is 1.07 bits per heavy atom. The molecule has 2 fully saturated rings. The Balaban J connectivity index is 2.06. The second-order valence-electron chi connectivity index (χ2n) is 3.43. The molecule has 1 aromatic rings. The third-order valence-corrected chi connectivity index (χ3v) is 3.49. The summed E-state index contributed by atoms with van der Waals surface area (Å²) in [6, 6.07) is 0. The first-order chi connectivity index (χ1) is 6.75. The van der Waals surface area contributed by atoms with Gasteiger partial charge < -0.3 is 9.80 Å². The lowest BCUT2D eigenvalue weighted by Gasteiger charge is -2.08. The van der Waals surface area contributed by atoms with Gasteiger partial charge in [-0.3, -0.25) is 0 Å². The Morgan fingerprint density at radius 2 is 1.71 bits per heavy atom. The van der Waals surface area contributed by atoms with Crippen LogP contribution < -0.4 is 9.80 Å². The van der Waals surface area contributed by atoms with Crippen LogP contribution in [0, 0.1) is 0 Å². The zero-order chi connectivity index (χ0) is 9.71. The van der Waals surface area contributed by atoms with Gasteiger partial charge in [0, 0.05) is 26.2 Å². The minimum absolute atomic E-state index is 0.504. The molecule has 0 aliphatic carbocycles. The molecule has 2 saturated heterocycles. The van der Waals surface area contributed by atoms with Gasteiger partial charge in [-0.05, 0) is 15.9 Å². The second kappa shape index (κ2) is 2.97. The van der Waals surface area contributed by atoms with E-state index in [1.54, 1.807) is 0 Å². The van der Waals surface area contributed by atoms with Crippen molar-refractivity contribution in [2.24, 2.45) is 0 Å². The van der Waals surface area contributed by atoms with Crippen molar-refractivity contribution in [3.8, 4) is 0 Å². The highest BCUT2D eigenvalue weighted by atomic mass is 79.9. The molecule has 0 bridgehead atoms. The average Bonchev–Trinajstić information content (AvgIpc) is 3.04. The average molecular weight is 276 g/mol. The van der Waals surface area contributed by atoms with Crippen LogP contribution in [0.1, 0.15) is 0 Å². The number of halogens is 2. The van der Waals surface area contributed by atoms with E-state index in [2.05, 4.69) is 35.7 Å². The van der Waals surface area contributed by atoms with Gasteiger partial charge in [-0.2, -0.15) is 9.97 Å². The quantitative estimate of drug-likeness (QED) is 0.605. The molecule has 0 unspecified atom stereocenters. The fraction of sp³-hybridized carbons (Fsp3) is 0.500. The molecule has 6 heteroatoms. The summed E-state index contributed by atoms with van der Waals surface area (Å²) in [6.45, 7) is 4.20. The van der Waals surface area contributed by atoms with E-state index in [0.717, 1.165) is 42.4 Å². The maximum atomic E-state index is 6.01. The van der Waals surface area contributed by atoms with Gasteiger partial charge in [0.15, 0.2) is 5.15 Å². The topological polar surface area (TPSA) is 31.8 Å². The van der Waals surface area contributed by atoms with Gasteiger partial charge in [-0.25, -0.2) is 0 Å². The summed E-state index contributed by atoms with van der Waals surface area (Å²) >= 11 is 9.42. The monoisotopic (exact) mass is 274 g/mol. The Hall–Kier alpha value is -0.550. The molecule has 74 valence electrons. The first-order valence-corrected chi connectivity index (χ1v) is 5.66. The van der Waals surface area contributed by atoms with Gasteiger partial charge in [-0.15, -0.1) is 0 Å². The third-order valence-electron chi connectivity index (χ3n) is 2.26. The highest BCUT2D eigenvalue weighted by Gasteiger charge is 2.28. The molecule has 3 heterocycles. The molecule has 0 saturated carbocycles.